The molecule has 3 atom stereocenters. The van der Waals surface area contributed by atoms with Gasteiger partial charge < -0.3 is 9.32 Å². The first kappa shape index (κ1) is 31.6. The van der Waals surface area contributed by atoms with E-state index in [2.05, 4.69) is 174 Å². The van der Waals surface area contributed by atoms with Crippen LogP contribution in [0.15, 0.2) is 154 Å². The van der Waals surface area contributed by atoms with Crippen LogP contribution >= 0.6 is 0 Å². The Balaban J connectivity index is 1.09. The molecule has 1 spiro atoms. The van der Waals surface area contributed by atoms with Crippen LogP contribution in [0.4, 0.5) is 0 Å². The molecule has 3 unspecified atom stereocenters. The molecule has 1 saturated carbocycles. The summed E-state index contributed by atoms with van der Waals surface area (Å²) in [5, 5.41) is 2.46. The van der Waals surface area contributed by atoms with Crippen molar-refractivity contribution in [3.05, 3.63) is 178 Å². The van der Waals surface area contributed by atoms with Crippen molar-refractivity contribution < 1.29 is 4.42 Å². The Hall–Kier alpha value is -5.08. The molecule has 1 aromatic heterocycles. The molecule has 0 aliphatic heterocycles. The first-order chi connectivity index (χ1) is 25.1. The summed E-state index contributed by atoms with van der Waals surface area (Å²) in [6.07, 6.45) is 18.0. The zero-order valence-corrected chi connectivity index (χ0v) is 31.3. The van der Waals surface area contributed by atoms with E-state index in [4.69, 9.17) is 4.42 Å². The number of para-hydroxylation sites is 1. The van der Waals surface area contributed by atoms with Crippen LogP contribution in [0.2, 0.25) is 0 Å². The molecule has 10 rings (SSSR count). The average Bonchev–Trinajstić information content (AvgIpc) is 3.63. The van der Waals surface area contributed by atoms with Gasteiger partial charge in [-0.05, 0) is 94.9 Å². The first-order valence-electron chi connectivity index (χ1n) is 19.3. The van der Waals surface area contributed by atoms with Crippen molar-refractivity contribution in [1.29, 1.82) is 0 Å². The van der Waals surface area contributed by atoms with Gasteiger partial charge in [0, 0.05) is 44.0 Å². The highest BCUT2D eigenvalue weighted by Crippen LogP contribution is 2.72. The molecule has 5 aliphatic rings. The minimum atomic E-state index is -0.101. The molecular formula is C50H47NO. The zero-order chi connectivity index (χ0) is 35.6. The highest BCUT2D eigenvalue weighted by atomic mass is 16.3. The van der Waals surface area contributed by atoms with Crippen molar-refractivity contribution in [3.8, 4) is 0 Å². The largest absolute Gasteiger partial charge is 0.456 e. The van der Waals surface area contributed by atoms with E-state index in [1.807, 2.05) is 0 Å². The third-order valence-corrected chi connectivity index (χ3v) is 13.4. The summed E-state index contributed by atoms with van der Waals surface area (Å²) in [5.74, 6) is 0.442. The standard InChI is InChI=1S/C50H47NO/c1-7-32(33-15-9-8-10-16-33)22-21-31(2)51(35-23-24-38-37-17-11-13-19-41(37)48(3,4)43(38)28-35)36-27-34-30-50(34)45(29-36)49(5,6)42-26-25-40-39-18-12-14-20-44(39)52-47(40)46(42)50/h8-27,29,34-35H,7,28,30H2,1-6H3/b31-21+,32-22+. The Morgan fingerprint density at radius 3 is 2.42 bits per heavy atom. The van der Waals surface area contributed by atoms with Crippen LogP contribution in [0, 0.1) is 5.92 Å². The number of fused-ring (bicyclic) bond motifs is 7. The summed E-state index contributed by atoms with van der Waals surface area (Å²) in [4.78, 5) is 2.67. The van der Waals surface area contributed by atoms with E-state index >= 15 is 0 Å². The summed E-state index contributed by atoms with van der Waals surface area (Å²) >= 11 is 0. The van der Waals surface area contributed by atoms with Crippen LogP contribution in [-0.2, 0) is 16.2 Å². The fourth-order valence-electron chi connectivity index (χ4n) is 10.7. The van der Waals surface area contributed by atoms with Crippen LogP contribution in [0.3, 0.4) is 0 Å². The molecule has 52 heavy (non-hydrogen) atoms. The fraction of sp³-hybridized carbons (Fsp3) is 0.280. The van der Waals surface area contributed by atoms with Gasteiger partial charge in [0.25, 0.3) is 0 Å². The van der Waals surface area contributed by atoms with Crippen molar-refractivity contribution >= 4 is 33.1 Å². The van der Waals surface area contributed by atoms with E-state index in [0.29, 0.717) is 5.92 Å². The van der Waals surface area contributed by atoms with Crippen LogP contribution in [0.1, 0.15) is 88.6 Å². The normalized spacial score (nSPS) is 25.0. The maximum Gasteiger partial charge on any atom is 0.139 e. The molecule has 1 heterocycles. The summed E-state index contributed by atoms with van der Waals surface area (Å²) in [5.41, 5.74) is 17.5. The van der Waals surface area contributed by atoms with Gasteiger partial charge in [0.2, 0.25) is 0 Å². The Labute approximate surface area is 308 Å². The topological polar surface area (TPSA) is 16.4 Å². The predicted molar refractivity (Wildman–Crippen MR) is 217 cm³/mol. The molecule has 5 aromatic rings. The van der Waals surface area contributed by atoms with Gasteiger partial charge in [0.1, 0.15) is 11.2 Å². The Bertz CT molecular complexity index is 2520. The Morgan fingerprint density at radius 1 is 0.827 bits per heavy atom. The predicted octanol–water partition coefficient (Wildman–Crippen LogP) is 12.7. The molecule has 1 fully saturated rings. The molecule has 258 valence electrons. The minimum absolute atomic E-state index is 0.00107. The lowest BCUT2D eigenvalue weighted by atomic mass is 9.76. The van der Waals surface area contributed by atoms with E-state index in [9.17, 15) is 0 Å². The zero-order valence-electron chi connectivity index (χ0n) is 31.3. The second kappa shape index (κ2) is 11.0. The summed E-state index contributed by atoms with van der Waals surface area (Å²) in [6, 6.07) is 33.3. The number of furan rings is 1. The van der Waals surface area contributed by atoms with E-state index < -0.39 is 0 Å². The minimum Gasteiger partial charge on any atom is -0.456 e. The van der Waals surface area contributed by atoms with Crippen molar-refractivity contribution in [2.24, 2.45) is 5.92 Å². The highest BCUT2D eigenvalue weighted by molar-refractivity contribution is 6.07. The summed E-state index contributed by atoms with van der Waals surface area (Å²) in [7, 11) is 0. The van der Waals surface area contributed by atoms with Crippen molar-refractivity contribution in [3.63, 3.8) is 0 Å². The number of allylic oxidation sites excluding steroid dienone is 9. The second-order valence-electron chi connectivity index (χ2n) is 16.8. The van der Waals surface area contributed by atoms with Gasteiger partial charge in [-0.2, -0.15) is 0 Å². The molecular weight excluding hydrogens is 631 g/mol. The average molecular weight is 678 g/mol. The lowest BCUT2D eigenvalue weighted by Gasteiger charge is -2.39. The smallest absolute Gasteiger partial charge is 0.139 e. The lowest BCUT2D eigenvalue weighted by molar-refractivity contribution is 0.353. The lowest BCUT2D eigenvalue weighted by Crippen LogP contribution is -2.36. The SMILES string of the molecule is CC/C(=C\C=C(/C)N(C1=CC2CC23C(=C1)C(C)(C)c1ccc2c(oc4ccccc42)c13)C1C=CC2=C(C1)C(C)(C)c1ccccc12)c1ccccc1. The van der Waals surface area contributed by atoms with Crippen molar-refractivity contribution in [2.75, 3.05) is 0 Å². The molecule has 0 bridgehead atoms. The van der Waals surface area contributed by atoms with Gasteiger partial charge in [0.05, 0.1) is 6.04 Å². The van der Waals surface area contributed by atoms with Crippen LogP contribution < -0.4 is 0 Å². The molecule has 5 aliphatic carbocycles. The number of benzene rings is 4. The molecule has 4 aromatic carbocycles. The number of hydrogen-bond donors (Lipinski definition) is 0. The van der Waals surface area contributed by atoms with Crippen molar-refractivity contribution in [1.82, 2.24) is 4.90 Å². The van der Waals surface area contributed by atoms with Gasteiger partial charge in [-0.1, -0.05) is 144 Å². The monoisotopic (exact) mass is 677 g/mol. The third kappa shape index (κ3) is 4.24. The molecule has 2 heteroatoms. The molecule has 0 N–H and O–H groups in total. The Morgan fingerprint density at radius 2 is 1.60 bits per heavy atom. The maximum atomic E-state index is 6.74. The van der Waals surface area contributed by atoms with Gasteiger partial charge in [-0.3, -0.25) is 0 Å². The Kier molecular flexibility index (Phi) is 6.67. The van der Waals surface area contributed by atoms with E-state index in [1.54, 1.807) is 11.1 Å². The van der Waals surface area contributed by atoms with Crippen LogP contribution in [0.25, 0.3) is 33.1 Å². The second-order valence-corrected chi connectivity index (χ2v) is 16.8. The summed E-state index contributed by atoms with van der Waals surface area (Å²) < 4.78 is 6.74. The number of nitrogens with zero attached hydrogens (tertiary/aromatic N) is 1. The van der Waals surface area contributed by atoms with Crippen LogP contribution in [0.5, 0.6) is 0 Å². The third-order valence-electron chi connectivity index (χ3n) is 13.4. The highest BCUT2D eigenvalue weighted by Gasteiger charge is 2.67. The van der Waals surface area contributed by atoms with E-state index in [-0.39, 0.29) is 22.3 Å². The molecule has 2 nitrogen and oxygen atoms in total. The maximum absolute atomic E-state index is 6.74. The summed E-state index contributed by atoms with van der Waals surface area (Å²) in [6.45, 7) is 14.3. The number of hydrogen-bond acceptors (Lipinski definition) is 2. The molecule has 0 amide bonds. The molecule has 0 radical (unpaired) electrons. The van der Waals surface area contributed by atoms with Crippen molar-refractivity contribution in [2.45, 2.75) is 83.1 Å². The van der Waals surface area contributed by atoms with Gasteiger partial charge >= 0.3 is 0 Å². The van der Waals surface area contributed by atoms with Gasteiger partial charge in [-0.15, -0.1) is 0 Å². The van der Waals surface area contributed by atoms with Crippen LogP contribution in [-0.4, -0.2) is 10.9 Å². The quantitative estimate of drug-likeness (QED) is 0.166. The first-order valence-corrected chi connectivity index (χ1v) is 19.3. The van der Waals surface area contributed by atoms with Gasteiger partial charge in [-0.25, -0.2) is 0 Å². The van der Waals surface area contributed by atoms with Gasteiger partial charge in [0.15, 0.2) is 0 Å². The van der Waals surface area contributed by atoms with E-state index in [1.165, 1.54) is 61.1 Å². The van der Waals surface area contributed by atoms with E-state index in [0.717, 1.165) is 30.4 Å². The molecule has 0 saturated heterocycles. The fourth-order valence-corrected chi connectivity index (χ4v) is 10.7. The number of rotatable bonds is 6.